The summed E-state index contributed by atoms with van der Waals surface area (Å²) in [6.07, 6.45) is -6.72. The molecule has 0 spiro atoms. The van der Waals surface area contributed by atoms with Crippen LogP contribution in [-0.4, -0.2) is 92.3 Å². The molecule has 3 rings (SSSR count). The second-order valence-electron chi connectivity index (χ2n) is 7.96. The first kappa shape index (κ1) is 28.5. The van der Waals surface area contributed by atoms with E-state index in [0.29, 0.717) is 12.2 Å². The van der Waals surface area contributed by atoms with Crippen molar-refractivity contribution in [2.45, 2.75) is 25.1 Å². The van der Waals surface area contributed by atoms with Crippen LogP contribution in [0.3, 0.4) is 0 Å². The summed E-state index contributed by atoms with van der Waals surface area (Å²) in [4.78, 5) is 71.4. The minimum absolute atomic E-state index is 0.0285. The van der Waals surface area contributed by atoms with Gasteiger partial charge in [-0.3, -0.25) is 29.4 Å². The third kappa shape index (κ3) is 7.25. The molecule has 1 aromatic rings. The summed E-state index contributed by atoms with van der Waals surface area (Å²) in [6, 6.07) is 3.52. The lowest BCUT2D eigenvalue weighted by molar-refractivity contribution is -0.192. The van der Waals surface area contributed by atoms with E-state index in [1.807, 2.05) is 5.32 Å². The lowest BCUT2D eigenvalue weighted by Gasteiger charge is -2.27. The molecule has 5 amide bonds. The Morgan fingerprint density at radius 1 is 0.974 bits per heavy atom. The van der Waals surface area contributed by atoms with Crippen LogP contribution in [0.5, 0.6) is 0 Å². The highest BCUT2D eigenvalue weighted by atomic mass is 19.4. The van der Waals surface area contributed by atoms with Crippen molar-refractivity contribution in [3.05, 3.63) is 29.3 Å². The summed E-state index contributed by atoms with van der Waals surface area (Å²) < 4.78 is 49.9. The van der Waals surface area contributed by atoms with Crippen LogP contribution in [-0.2, 0) is 28.6 Å². The first-order chi connectivity index (χ1) is 18.0. The van der Waals surface area contributed by atoms with E-state index in [2.05, 4.69) is 15.4 Å². The minimum Gasteiger partial charge on any atom is -0.383 e. The normalized spacial score (nSPS) is 17.2. The zero-order chi connectivity index (χ0) is 27.9. The maximum Gasteiger partial charge on any atom is 0.491 e. The van der Waals surface area contributed by atoms with Gasteiger partial charge in [-0.05, 0) is 24.6 Å². The fraction of sp³-hybridized carbons (Fsp3) is 0.455. The molecule has 0 saturated carbocycles. The summed E-state index contributed by atoms with van der Waals surface area (Å²) in [6.45, 7) is 0.597. The third-order valence-electron chi connectivity index (χ3n) is 5.32. The number of halogens is 3. The lowest BCUT2D eigenvalue weighted by atomic mass is 10.0. The highest BCUT2D eigenvalue weighted by Gasteiger charge is 2.45. The van der Waals surface area contributed by atoms with Crippen LogP contribution in [0.4, 0.5) is 23.7 Å². The smallest absolute Gasteiger partial charge is 0.383 e. The Balaban J connectivity index is 1.31. The number of nitrogens with one attached hydrogen (secondary N) is 3. The van der Waals surface area contributed by atoms with Crippen molar-refractivity contribution in [3.63, 3.8) is 0 Å². The number of alkyl halides is 3. The summed E-state index contributed by atoms with van der Waals surface area (Å²) >= 11 is 0. The van der Waals surface area contributed by atoms with Crippen LogP contribution < -0.4 is 16.0 Å². The zero-order valence-electron chi connectivity index (χ0n) is 19.7. The molecule has 3 N–H and O–H groups in total. The van der Waals surface area contributed by atoms with Crippen LogP contribution in [0.15, 0.2) is 18.2 Å². The van der Waals surface area contributed by atoms with Gasteiger partial charge in [-0.1, -0.05) is 0 Å². The number of alkyl carbamates (subject to hydrolysis) is 1. The Kier molecular flexibility index (Phi) is 9.35. The summed E-state index contributed by atoms with van der Waals surface area (Å²) in [5.74, 6) is -4.98. The molecule has 2 aliphatic heterocycles. The summed E-state index contributed by atoms with van der Waals surface area (Å²) in [5, 5.41) is 7.09. The number of imide groups is 2. The highest BCUT2D eigenvalue weighted by molar-refractivity contribution is 6.23. The predicted octanol–water partition coefficient (Wildman–Crippen LogP) is 0.348. The number of fused-ring (bicyclic) bond motifs is 1. The van der Waals surface area contributed by atoms with E-state index < -0.39 is 47.9 Å². The second-order valence-corrected chi connectivity index (χ2v) is 7.96. The van der Waals surface area contributed by atoms with Gasteiger partial charge in [0.1, 0.15) is 6.04 Å². The maximum atomic E-state index is 12.8. The Labute approximate surface area is 212 Å². The molecule has 1 unspecified atom stereocenters. The number of hydrogen-bond donors (Lipinski definition) is 3. The van der Waals surface area contributed by atoms with E-state index in [-0.39, 0.29) is 56.9 Å². The van der Waals surface area contributed by atoms with Crippen LogP contribution in [0, 0.1) is 0 Å². The topological polar surface area (TPSA) is 169 Å². The van der Waals surface area contributed by atoms with Gasteiger partial charge in [0.25, 0.3) is 11.8 Å². The van der Waals surface area contributed by atoms with E-state index >= 15 is 0 Å². The SMILES string of the molecule is O=C1CCC(N2C(=O)c3ccc(NCCOCCOCCNC(=O)OC(=O)C(F)(F)F)cc3C2=O)C(=O)N1. The monoisotopic (exact) mass is 544 g/mol. The summed E-state index contributed by atoms with van der Waals surface area (Å²) in [5.41, 5.74) is 0.837. The van der Waals surface area contributed by atoms with Gasteiger partial charge in [0.05, 0.1) is 37.6 Å². The molecule has 16 heteroatoms. The highest BCUT2D eigenvalue weighted by Crippen LogP contribution is 2.29. The van der Waals surface area contributed by atoms with Gasteiger partial charge < -0.3 is 24.8 Å². The van der Waals surface area contributed by atoms with E-state index in [9.17, 15) is 41.9 Å². The van der Waals surface area contributed by atoms with Crippen LogP contribution in [0.2, 0.25) is 0 Å². The molecule has 1 fully saturated rings. The zero-order valence-corrected chi connectivity index (χ0v) is 19.7. The van der Waals surface area contributed by atoms with Crippen LogP contribution >= 0.6 is 0 Å². The van der Waals surface area contributed by atoms with Gasteiger partial charge in [0, 0.05) is 25.2 Å². The molecule has 0 radical (unpaired) electrons. The van der Waals surface area contributed by atoms with Crippen LogP contribution in [0.25, 0.3) is 0 Å². The molecule has 38 heavy (non-hydrogen) atoms. The number of nitrogens with zero attached hydrogens (tertiary/aromatic N) is 1. The van der Waals surface area contributed by atoms with Gasteiger partial charge in [-0.15, -0.1) is 0 Å². The minimum atomic E-state index is -5.27. The Morgan fingerprint density at radius 3 is 2.29 bits per heavy atom. The number of hydrogen-bond acceptors (Lipinski definition) is 10. The van der Waals surface area contributed by atoms with Gasteiger partial charge >= 0.3 is 18.2 Å². The predicted molar refractivity (Wildman–Crippen MR) is 119 cm³/mol. The summed E-state index contributed by atoms with van der Waals surface area (Å²) in [7, 11) is 0. The first-order valence-electron chi connectivity index (χ1n) is 11.3. The Hall–Kier alpha value is -4.05. The van der Waals surface area contributed by atoms with Gasteiger partial charge in [-0.2, -0.15) is 13.2 Å². The second kappa shape index (κ2) is 12.5. The van der Waals surface area contributed by atoms with Gasteiger partial charge in [0.2, 0.25) is 11.8 Å². The number of esters is 1. The van der Waals surface area contributed by atoms with Crippen molar-refractivity contribution in [2.24, 2.45) is 0 Å². The van der Waals surface area contributed by atoms with E-state index in [1.165, 1.54) is 12.1 Å². The number of ether oxygens (including phenoxy) is 3. The molecule has 0 aromatic heterocycles. The molecule has 1 aromatic carbocycles. The molecule has 1 atom stereocenters. The van der Waals surface area contributed by atoms with Crippen molar-refractivity contribution >= 4 is 41.4 Å². The van der Waals surface area contributed by atoms with Crippen molar-refractivity contribution in [3.8, 4) is 0 Å². The number of carbonyl (C=O) groups is 6. The Bertz CT molecular complexity index is 1130. The fourth-order valence-electron chi connectivity index (χ4n) is 3.57. The van der Waals surface area contributed by atoms with E-state index in [0.717, 1.165) is 4.90 Å². The lowest BCUT2D eigenvalue weighted by Crippen LogP contribution is -2.54. The number of anilines is 1. The molecule has 1 saturated heterocycles. The third-order valence-corrected chi connectivity index (χ3v) is 5.32. The molecule has 0 bridgehead atoms. The average molecular weight is 544 g/mol. The number of piperidine rings is 1. The number of rotatable bonds is 11. The van der Waals surface area contributed by atoms with Gasteiger partial charge in [0.15, 0.2) is 0 Å². The number of amides is 5. The van der Waals surface area contributed by atoms with Crippen molar-refractivity contribution in [1.82, 2.24) is 15.5 Å². The standard InChI is InChI=1S/C22H23F3N4O9/c23-22(24,25)20(34)38-21(35)27-6-8-37-10-9-36-7-5-26-12-1-2-13-14(11-12)19(33)29(18(13)32)15-3-4-16(30)28-17(15)31/h1-2,11,15,26H,3-10H2,(H,27,35)(H,28,30,31). The number of carbonyl (C=O) groups excluding carboxylic acids is 6. The quantitative estimate of drug-likeness (QED) is 0.153. The van der Waals surface area contributed by atoms with Crippen molar-refractivity contribution in [1.29, 1.82) is 0 Å². The van der Waals surface area contributed by atoms with Crippen molar-refractivity contribution < 1.29 is 56.1 Å². The molecule has 13 nitrogen and oxygen atoms in total. The maximum absolute atomic E-state index is 12.8. The molecule has 2 aliphatic rings. The largest absolute Gasteiger partial charge is 0.491 e. The molecular formula is C22H23F3N4O9. The van der Waals surface area contributed by atoms with Gasteiger partial charge in [-0.25, -0.2) is 9.59 Å². The first-order valence-corrected chi connectivity index (χ1v) is 11.3. The fourth-order valence-corrected chi connectivity index (χ4v) is 3.57. The van der Waals surface area contributed by atoms with Crippen LogP contribution in [0.1, 0.15) is 33.6 Å². The molecule has 0 aliphatic carbocycles. The molecular weight excluding hydrogens is 521 g/mol. The Morgan fingerprint density at radius 2 is 1.63 bits per heavy atom. The number of benzene rings is 1. The van der Waals surface area contributed by atoms with E-state index in [4.69, 9.17) is 9.47 Å². The van der Waals surface area contributed by atoms with Crippen molar-refractivity contribution in [2.75, 3.05) is 44.8 Å². The average Bonchev–Trinajstić information content (AvgIpc) is 3.09. The molecule has 2 heterocycles. The van der Waals surface area contributed by atoms with E-state index in [1.54, 1.807) is 6.07 Å². The molecule has 206 valence electrons.